The molecule has 0 heterocycles. The van der Waals surface area contributed by atoms with E-state index in [1.54, 1.807) is 7.11 Å². The Labute approximate surface area is 155 Å². The van der Waals surface area contributed by atoms with E-state index in [1.165, 1.54) is 16.7 Å². The molecule has 1 aromatic carbocycles. The first-order valence-electron chi connectivity index (χ1n) is 8.57. The standard InChI is InChI=1S/C20H34OSSi2/c1-16(15-23(4,5)6)17(2)20(24(7,8)9)22-14-18-10-12-19(21-3)13-11-18/h10-13,15,20H,2,14H2,1,3-9H3/b16-15+. The third kappa shape index (κ3) is 7.03. The van der Waals surface area contributed by atoms with Crippen molar-refractivity contribution >= 4 is 27.9 Å². The number of benzene rings is 1. The summed E-state index contributed by atoms with van der Waals surface area (Å²) in [4.78, 5) is 0.548. The molecule has 0 aromatic heterocycles. The van der Waals surface area contributed by atoms with Crippen LogP contribution in [0, 0.1) is 0 Å². The lowest BCUT2D eigenvalue weighted by molar-refractivity contribution is 0.414. The first kappa shape index (κ1) is 21.3. The van der Waals surface area contributed by atoms with Crippen LogP contribution in [0.3, 0.4) is 0 Å². The van der Waals surface area contributed by atoms with Gasteiger partial charge in [-0.25, -0.2) is 0 Å². The zero-order valence-corrected chi connectivity index (χ0v) is 19.5. The molecular weight excluding hydrogens is 344 g/mol. The van der Waals surface area contributed by atoms with Gasteiger partial charge in [0.25, 0.3) is 0 Å². The van der Waals surface area contributed by atoms with Crippen molar-refractivity contribution in [2.45, 2.75) is 56.8 Å². The minimum Gasteiger partial charge on any atom is -0.497 e. The molecule has 1 rings (SSSR count). The summed E-state index contributed by atoms with van der Waals surface area (Å²) >= 11 is 2.05. The van der Waals surface area contributed by atoms with Crippen LogP contribution in [-0.2, 0) is 5.75 Å². The minimum atomic E-state index is -1.35. The molecule has 0 saturated heterocycles. The highest BCUT2D eigenvalue weighted by molar-refractivity contribution is 8.01. The fraction of sp³-hybridized carbons (Fsp3) is 0.500. The van der Waals surface area contributed by atoms with Crippen molar-refractivity contribution in [1.29, 1.82) is 0 Å². The minimum absolute atomic E-state index is 0.548. The van der Waals surface area contributed by atoms with Gasteiger partial charge in [0.1, 0.15) is 5.75 Å². The van der Waals surface area contributed by atoms with Crippen molar-refractivity contribution in [1.82, 2.24) is 0 Å². The molecule has 1 atom stereocenters. The predicted molar refractivity (Wildman–Crippen MR) is 118 cm³/mol. The van der Waals surface area contributed by atoms with Crippen LogP contribution in [0.4, 0.5) is 0 Å². The van der Waals surface area contributed by atoms with Gasteiger partial charge < -0.3 is 4.74 Å². The van der Waals surface area contributed by atoms with Crippen molar-refractivity contribution in [2.24, 2.45) is 0 Å². The topological polar surface area (TPSA) is 9.23 Å². The molecule has 134 valence electrons. The second-order valence-electron chi connectivity index (χ2n) is 8.62. The van der Waals surface area contributed by atoms with E-state index in [9.17, 15) is 0 Å². The summed E-state index contributed by atoms with van der Waals surface area (Å²) in [6.07, 6.45) is 0. The van der Waals surface area contributed by atoms with Gasteiger partial charge in [0, 0.05) is 10.6 Å². The van der Waals surface area contributed by atoms with E-state index in [0.29, 0.717) is 4.87 Å². The number of hydrogen-bond acceptors (Lipinski definition) is 2. The summed E-state index contributed by atoms with van der Waals surface area (Å²) in [5.41, 5.74) is 6.60. The van der Waals surface area contributed by atoms with Gasteiger partial charge in [-0.2, -0.15) is 11.8 Å². The smallest absolute Gasteiger partial charge is 0.118 e. The maximum atomic E-state index is 5.25. The fourth-order valence-corrected chi connectivity index (χ4v) is 8.67. The Kier molecular flexibility index (Phi) is 7.63. The number of hydrogen-bond donors (Lipinski definition) is 0. The average Bonchev–Trinajstić information content (AvgIpc) is 2.44. The number of allylic oxidation sites excluding steroid dienone is 1. The van der Waals surface area contributed by atoms with E-state index < -0.39 is 16.1 Å². The van der Waals surface area contributed by atoms with Crippen LogP contribution in [0.1, 0.15) is 12.5 Å². The second kappa shape index (κ2) is 8.59. The van der Waals surface area contributed by atoms with Crippen LogP contribution >= 0.6 is 11.8 Å². The molecule has 1 nitrogen and oxygen atoms in total. The Hall–Kier alpha value is -0.716. The highest BCUT2D eigenvalue weighted by atomic mass is 32.2. The van der Waals surface area contributed by atoms with Crippen LogP contribution in [0.5, 0.6) is 5.75 Å². The molecule has 0 fully saturated rings. The predicted octanol–water partition coefficient (Wildman–Crippen LogP) is 6.55. The van der Waals surface area contributed by atoms with E-state index in [2.05, 4.69) is 82.4 Å². The lowest BCUT2D eigenvalue weighted by Crippen LogP contribution is -2.37. The highest BCUT2D eigenvalue weighted by Crippen LogP contribution is 2.34. The van der Waals surface area contributed by atoms with Crippen LogP contribution < -0.4 is 4.74 Å². The molecule has 0 aliphatic rings. The highest BCUT2D eigenvalue weighted by Gasteiger charge is 2.30. The maximum Gasteiger partial charge on any atom is 0.118 e. The average molecular weight is 379 g/mol. The largest absolute Gasteiger partial charge is 0.497 e. The Bertz CT molecular complexity index is 577. The molecule has 0 aliphatic carbocycles. The molecule has 0 bridgehead atoms. The van der Waals surface area contributed by atoms with Gasteiger partial charge in [-0.3, -0.25) is 0 Å². The SMILES string of the molecule is C=C(/C(C)=C/[Si](C)(C)C)C(SCc1ccc(OC)cc1)[Si](C)(C)C. The van der Waals surface area contributed by atoms with Gasteiger partial charge in [-0.05, 0) is 30.2 Å². The second-order valence-corrected chi connectivity index (χ2v) is 20.5. The van der Waals surface area contributed by atoms with E-state index in [0.717, 1.165) is 11.5 Å². The molecular formula is C20H34OSSi2. The molecule has 0 aliphatic heterocycles. The molecule has 0 radical (unpaired) electrons. The number of rotatable bonds is 8. The van der Waals surface area contributed by atoms with Gasteiger partial charge in [0.2, 0.25) is 0 Å². The molecule has 0 N–H and O–H groups in total. The molecule has 24 heavy (non-hydrogen) atoms. The van der Waals surface area contributed by atoms with Gasteiger partial charge >= 0.3 is 0 Å². The lowest BCUT2D eigenvalue weighted by Gasteiger charge is -2.31. The molecule has 0 saturated carbocycles. The summed E-state index contributed by atoms with van der Waals surface area (Å²) in [7, 11) is -0.851. The summed E-state index contributed by atoms with van der Waals surface area (Å²) in [5, 5.41) is 0. The monoisotopic (exact) mass is 378 g/mol. The molecule has 1 aromatic rings. The van der Waals surface area contributed by atoms with Crippen molar-refractivity contribution in [3.63, 3.8) is 0 Å². The Balaban J connectivity index is 2.90. The summed E-state index contributed by atoms with van der Waals surface area (Å²) in [5.74, 6) is 1.95. The number of methoxy groups -OCH3 is 1. The van der Waals surface area contributed by atoms with Crippen molar-refractivity contribution in [2.75, 3.05) is 7.11 Å². The Morgan fingerprint density at radius 1 is 1.12 bits per heavy atom. The van der Waals surface area contributed by atoms with Crippen molar-refractivity contribution in [3.05, 3.63) is 53.3 Å². The van der Waals surface area contributed by atoms with Crippen LogP contribution in [0.2, 0.25) is 39.3 Å². The molecule has 4 heteroatoms. The Morgan fingerprint density at radius 3 is 2.08 bits per heavy atom. The molecule has 1 unspecified atom stereocenters. The first-order valence-corrected chi connectivity index (χ1v) is 16.8. The van der Waals surface area contributed by atoms with E-state index in [-0.39, 0.29) is 0 Å². The van der Waals surface area contributed by atoms with E-state index >= 15 is 0 Å². The first-order chi connectivity index (χ1) is 10.9. The summed E-state index contributed by atoms with van der Waals surface area (Å²) in [6.45, 7) is 21.3. The van der Waals surface area contributed by atoms with E-state index in [4.69, 9.17) is 4.74 Å². The van der Waals surface area contributed by atoms with Crippen LogP contribution in [0.15, 0.2) is 47.7 Å². The van der Waals surface area contributed by atoms with Gasteiger partial charge in [-0.15, -0.1) is 0 Å². The quantitative estimate of drug-likeness (QED) is 0.374. The normalized spacial score (nSPS) is 14.4. The third-order valence-electron chi connectivity index (χ3n) is 3.83. The number of thioether (sulfide) groups is 1. The van der Waals surface area contributed by atoms with Crippen molar-refractivity contribution in [3.8, 4) is 5.75 Å². The van der Waals surface area contributed by atoms with E-state index in [1.807, 2.05) is 12.1 Å². The molecule has 0 amide bonds. The zero-order valence-electron chi connectivity index (χ0n) is 16.7. The lowest BCUT2D eigenvalue weighted by atomic mass is 10.2. The fourth-order valence-electron chi connectivity index (χ4n) is 2.72. The van der Waals surface area contributed by atoms with Crippen LogP contribution in [-0.4, -0.2) is 28.1 Å². The van der Waals surface area contributed by atoms with Gasteiger partial charge in [0.15, 0.2) is 0 Å². The van der Waals surface area contributed by atoms with Gasteiger partial charge in [0.05, 0.1) is 23.3 Å². The zero-order chi connectivity index (χ0) is 18.5. The third-order valence-corrected chi connectivity index (χ3v) is 10.8. The van der Waals surface area contributed by atoms with Gasteiger partial charge in [-0.1, -0.05) is 69.3 Å². The van der Waals surface area contributed by atoms with Crippen molar-refractivity contribution < 1.29 is 4.74 Å². The number of ether oxygens (including phenoxy) is 1. The molecule has 0 spiro atoms. The summed E-state index contributed by atoms with van der Waals surface area (Å²) in [6, 6.07) is 8.43. The van der Waals surface area contributed by atoms with Crippen LogP contribution in [0.25, 0.3) is 0 Å². The Morgan fingerprint density at radius 2 is 1.67 bits per heavy atom. The maximum absolute atomic E-state index is 5.25. The summed E-state index contributed by atoms with van der Waals surface area (Å²) < 4.78 is 5.25.